The average molecular weight is 334 g/mol. The average Bonchev–Trinajstić information content (AvgIpc) is 2.72. The van der Waals surface area contributed by atoms with E-state index < -0.39 is 0 Å². The standard InChI is InChI=1S/C14H24BrNOS/c1-5-8-16-12(14(17-4)10(2)3)9-11-6-7-13(15)18-11/h6-7,10,12,14,16H,5,8-9H2,1-4H3. The molecule has 0 aliphatic carbocycles. The van der Waals surface area contributed by atoms with Gasteiger partial charge in [-0.05, 0) is 53.4 Å². The first-order valence-electron chi connectivity index (χ1n) is 6.58. The molecule has 1 N–H and O–H groups in total. The van der Waals surface area contributed by atoms with Gasteiger partial charge in [-0.25, -0.2) is 0 Å². The van der Waals surface area contributed by atoms with Crippen molar-refractivity contribution < 1.29 is 4.74 Å². The van der Waals surface area contributed by atoms with Crippen LogP contribution < -0.4 is 5.32 Å². The minimum absolute atomic E-state index is 0.262. The summed E-state index contributed by atoms with van der Waals surface area (Å²) >= 11 is 5.33. The summed E-state index contributed by atoms with van der Waals surface area (Å²) in [5, 5.41) is 3.63. The zero-order valence-corrected chi connectivity index (χ0v) is 14.1. The molecule has 0 aliphatic heterocycles. The highest BCUT2D eigenvalue weighted by molar-refractivity contribution is 9.11. The van der Waals surface area contributed by atoms with Crippen LogP contribution in [0.15, 0.2) is 15.9 Å². The van der Waals surface area contributed by atoms with E-state index in [1.54, 1.807) is 0 Å². The van der Waals surface area contributed by atoms with E-state index in [4.69, 9.17) is 4.74 Å². The third kappa shape index (κ3) is 5.00. The van der Waals surface area contributed by atoms with Crippen molar-refractivity contribution in [2.75, 3.05) is 13.7 Å². The predicted octanol–water partition coefficient (Wildman–Crippen LogP) is 4.09. The zero-order valence-electron chi connectivity index (χ0n) is 11.7. The molecule has 1 aromatic rings. The van der Waals surface area contributed by atoms with E-state index in [-0.39, 0.29) is 6.10 Å². The van der Waals surface area contributed by atoms with Crippen LogP contribution in [-0.2, 0) is 11.2 Å². The molecule has 1 heterocycles. The molecular weight excluding hydrogens is 310 g/mol. The van der Waals surface area contributed by atoms with E-state index in [0.717, 1.165) is 19.4 Å². The van der Waals surface area contributed by atoms with Gasteiger partial charge in [0.25, 0.3) is 0 Å². The zero-order chi connectivity index (χ0) is 13.5. The largest absolute Gasteiger partial charge is 0.380 e. The van der Waals surface area contributed by atoms with Crippen LogP contribution in [0.5, 0.6) is 0 Å². The van der Waals surface area contributed by atoms with E-state index in [0.29, 0.717) is 12.0 Å². The molecule has 1 aromatic heterocycles. The van der Waals surface area contributed by atoms with Crippen molar-refractivity contribution in [3.8, 4) is 0 Å². The van der Waals surface area contributed by atoms with Crippen LogP contribution in [0.3, 0.4) is 0 Å². The summed E-state index contributed by atoms with van der Waals surface area (Å²) in [6, 6.07) is 4.71. The lowest BCUT2D eigenvalue weighted by Crippen LogP contribution is -2.45. The second-order valence-electron chi connectivity index (χ2n) is 4.91. The monoisotopic (exact) mass is 333 g/mol. The summed E-state index contributed by atoms with van der Waals surface area (Å²) < 4.78 is 6.88. The maximum Gasteiger partial charge on any atom is 0.0750 e. The van der Waals surface area contributed by atoms with Crippen molar-refractivity contribution in [1.82, 2.24) is 5.32 Å². The van der Waals surface area contributed by atoms with Gasteiger partial charge < -0.3 is 10.1 Å². The van der Waals surface area contributed by atoms with Crippen molar-refractivity contribution in [2.24, 2.45) is 5.92 Å². The quantitative estimate of drug-likeness (QED) is 0.773. The van der Waals surface area contributed by atoms with Crippen LogP contribution in [0.1, 0.15) is 32.1 Å². The number of rotatable bonds is 8. The molecule has 4 heteroatoms. The Balaban J connectivity index is 2.70. The summed E-state index contributed by atoms with van der Waals surface area (Å²) in [5.41, 5.74) is 0. The molecule has 104 valence electrons. The third-order valence-corrected chi connectivity index (χ3v) is 4.68. The minimum atomic E-state index is 0.262. The molecule has 1 rings (SSSR count). The SMILES string of the molecule is CCCNC(Cc1ccc(Br)s1)C(OC)C(C)C. The molecule has 0 saturated heterocycles. The summed E-state index contributed by atoms with van der Waals surface area (Å²) in [4.78, 5) is 1.40. The highest BCUT2D eigenvalue weighted by Crippen LogP contribution is 2.25. The van der Waals surface area contributed by atoms with Gasteiger partial charge in [-0.1, -0.05) is 20.8 Å². The number of methoxy groups -OCH3 is 1. The molecule has 0 aromatic carbocycles. The maximum atomic E-state index is 5.68. The van der Waals surface area contributed by atoms with Crippen LogP contribution in [-0.4, -0.2) is 25.8 Å². The molecule has 0 saturated carbocycles. The van der Waals surface area contributed by atoms with Crippen molar-refractivity contribution >= 4 is 27.3 Å². The van der Waals surface area contributed by atoms with Crippen LogP contribution in [0, 0.1) is 5.92 Å². The molecule has 0 amide bonds. The van der Waals surface area contributed by atoms with E-state index in [9.17, 15) is 0 Å². The second kappa shape index (κ2) is 8.31. The third-order valence-electron chi connectivity index (χ3n) is 3.03. The predicted molar refractivity (Wildman–Crippen MR) is 83.4 cm³/mol. The van der Waals surface area contributed by atoms with E-state index in [2.05, 4.69) is 54.2 Å². The van der Waals surface area contributed by atoms with E-state index >= 15 is 0 Å². The first-order chi connectivity index (χ1) is 8.58. The molecule has 2 nitrogen and oxygen atoms in total. The fourth-order valence-electron chi connectivity index (χ4n) is 2.21. The highest BCUT2D eigenvalue weighted by Gasteiger charge is 2.24. The van der Waals surface area contributed by atoms with Crippen LogP contribution in [0.25, 0.3) is 0 Å². The van der Waals surface area contributed by atoms with Gasteiger partial charge in [-0.2, -0.15) is 0 Å². The van der Waals surface area contributed by atoms with Gasteiger partial charge in [0.15, 0.2) is 0 Å². The van der Waals surface area contributed by atoms with Crippen molar-refractivity contribution in [3.05, 3.63) is 20.8 Å². The smallest absolute Gasteiger partial charge is 0.0750 e. The van der Waals surface area contributed by atoms with Crippen molar-refractivity contribution in [3.63, 3.8) is 0 Å². The molecule has 0 aliphatic rings. The van der Waals surface area contributed by atoms with E-state index in [1.165, 1.54) is 8.66 Å². The Hall–Kier alpha value is 0.1000. The van der Waals surface area contributed by atoms with Crippen LogP contribution in [0.2, 0.25) is 0 Å². The fraction of sp³-hybridized carbons (Fsp3) is 0.714. The lowest BCUT2D eigenvalue weighted by atomic mass is 9.96. The summed E-state index contributed by atoms with van der Waals surface area (Å²) in [7, 11) is 1.82. The minimum Gasteiger partial charge on any atom is -0.380 e. The Morgan fingerprint density at radius 1 is 1.39 bits per heavy atom. The van der Waals surface area contributed by atoms with Gasteiger partial charge in [-0.15, -0.1) is 11.3 Å². The Kier molecular flexibility index (Phi) is 7.46. The molecule has 0 spiro atoms. The first-order valence-corrected chi connectivity index (χ1v) is 8.19. The fourth-order valence-corrected chi connectivity index (χ4v) is 3.75. The van der Waals surface area contributed by atoms with Gasteiger partial charge in [0.1, 0.15) is 0 Å². The lowest BCUT2D eigenvalue weighted by Gasteiger charge is -2.29. The van der Waals surface area contributed by atoms with Gasteiger partial charge in [0.2, 0.25) is 0 Å². The Bertz CT molecular complexity index is 340. The Morgan fingerprint density at radius 3 is 2.56 bits per heavy atom. The normalized spacial score (nSPS) is 15.0. The number of halogens is 1. The van der Waals surface area contributed by atoms with E-state index in [1.807, 2.05) is 18.4 Å². The molecule has 2 unspecified atom stereocenters. The highest BCUT2D eigenvalue weighted by atomic mass is 79.9. The number of hydrogen-bond donors (Lipinski definition) is 1. The van der Waals surface area contributed by atoms with Crippen molar-refractivity contribution in [2.45, 2.75) is 45.8 Å². The first kappa shape index (κ1) is 16.2. The molecular formula is C14H24BrNOS. The topological polar surface area (TPSA) is 21.3 Å². The lowest BCUT2D eigenvalue weighted by molar-refractivity contribution is 0.0335. The molecule has 18 heavy (non-hydrogen) atoms. The number of ether oxygens (including phenoxy) is 1. The maximum absolute atomic E-state index is 5.68. The molecule has 0 fully saturated rings. The number of thiophene rings is 1. The summed E-state index contributed by atoms with van der Waals surface area (Å²) in [5.74, 6) is 0.521. The molecule has 0 radical (unpaired) electrons. The Morgan fingerprint density at radius 2 is 2.11 bits per heavy atom. The van der Waals surface area contributed by atoms with Crippen molar-refractivity contribution in [1.29, 1.82) is 0 Å². The van der Waals surface area contributed by atoms with Gasteiger partial charge >= 0.3 is 0 Å². The van der Waals surface area contributed by atoms with Gasteiger partial charge in [0, 0.05) is 18.0 Å². The van der Waals surface area contributed by atoms with Crippen LogP contribution in [0.4, 0.5) is 0 Å². The number of hydrogen-bond acceptors (Lipinski definition) is 3. The van der Waals surface area contributed by atoms with Crippen LogP contribution >= 0.6 is 27.3 Å². The molecule has 0 bridgehead atoms. The number of nitrogens with one attached hydrogen (secondary N) is 1. The second-order valence-corrected chi connectivity index (χ2v) is 7.46. The van der Waals surface area contributed by atoms with Gasteiger partial charge in [0.05, 0.1) is 9.89 Å². The molecule has 2 atom stereocenters. The summed E-state index contributed by atoms with van der Waals surface area (Å²) in [6.45, 7) is 7.69. The summed E-state index contributed by atoms with van der Waals surface area (Å²) in [6.07, 6.45) is 2.45. The van der Waals surface area contributed by atoms with Gasteiger partial charge in [-0.3, -0.25) is 0 Å². The Labute approximate surface area is 123 Å².